The predicted octanol–water partition coefficient (Wildman–Crippen LogP) is 4.55. The van der Waals surface area contributed by atoms with Crippen molar-refractivity contribution < 1.29 is 9.53 Å². The summed E-state index contributed by atoms with van der Waals surface area (Å²) in [6.45, 7) is 5.79. The summed E-state index contributed by atoms with van der Waals surface area (Å²) in [6, 6.07) is 9.31. The Hall–Kier alpha value is -2.73. The van der Waals surface area contributed by atoms with Crippen LogP contribution in [0.5, 0.6) is 5.75 Å². The lowest BCUT2D eigenvalue weighted by molar-refractivity contribution is 0.102. The fourth-order valence-electron chi connectivity index (χ4n) is 2.33. The van der Waals surface area contributed by atoms with E-state index in [0.29, 0.717) is 17.0 Å². The smallest absolute Gasteiger partial charge is 0.259 e. The van der Waals surface area contributed by atoms with Gasteiger partial charge in [0, 0.05) is 28.5 Å². The SMILES string of the molecule is Cc1csc(-c2cccc(NC(=O)c3ccncc3OC(C)C)c2)n1. The number of rotatable bonds is 5. The van der Waals surface area contributed by atoms with E-state index in [9.17, 15) is 4.79 Å². The average Bonchev–Trinajstić information content (AvgIpc) is 3.01. The molecular formula is C19H19N3O2S. The molecule has 1 amide bonds. The maximum absolute atomic E-state index is 12.6. The molecule has 0 aliphatic rings. The van der Waals surface area contributed by atoms with E-state index in [0.717, 1.165) is 16.3 Å². The number of amides is 1. The molecule has 0 saturated carbocycles. The summed E-state index contributed by atoms with van der Waals surface area (Å²) < 4.78 is 5.67. The lowest BCUT2D eigenvalue weighted by Gasteiger charge is -2.13. The van der Waals surface area contributed by atoms with Crippen LogP contribution in [0.2, 0.25) is 0 Å². The van der Waals surface area contributed by atoms with Gasteiger partial charge in [-0.2, -0.15) is 0 Å². The Bertz CT molecular complexity index is 890. The van der Waals surface area contributed by atoms with Gasteiger partial charge in [-0.05, 0) is 39.0 Å². The summed E-state index contributed by atoms with van der Waals surface area (Å²) in [5.41, 5.74) is 3.13. The van der Waals surface area contributed by atoms with E-state index < -0.39 is 0 Å². The lowest BCUT2D eigenvalue weighted by Crippen LogP contribution is -2.16. The van der Waals surface area contributed by atoms with Crippen LogP contribution < -0.4 is 10.1 Å². The van der Waals surface area contributed by atoms with E-state index in [1.54, 1.807) is 29.8 Å². The Morgan fingerprint density at radius 1 is 1.28 bits per heavy atom. The molecule has 3 rings (SSSR count). The van der Waals surface area contributed by atoms with E-state index >= 15 is 0 Å². The molecule has 2 aromatic heterocycles. The van der Waals surface area contributed by atoms with Gasteiger partial charge in [0.2, 0.25) is 0 Å². The number of carbonyl (C=O) groups excluding carboxylic acids is 1. The first-order valence-electron chi connectivity index (χ1n) is 7.97. The Balaban J connectivity index is 1.82. The summed E-state index contributed by atoms with van der Waals surface area (Å²) in [4.78, 5) is 21.2. The monoisotopic (exact) mass is 353 g/mol. The van der Waals surface area contributed by atoms with Crippen molar-refractivity contribution >= 4 is 22.9 Å². The first kappa shape index (κ1) is 17.1. The minimum Gasteiger partial charge on any atom is -0.489 e. The maximum Gasteiger partial charge on any atom is 0.259 e. The number of aryl methyl sites for hydroxylation is 1. The van der Waals surface area contributed by atoms with Crippen molar-refractivity contribution in [3.05, 3.63) is 59.4 Å². The third-order valence-corrected chi connectivity index (χ3v) is 4.39. The van der Waals surface area contributed by atoms with Crippen LogP contribution in [0, 0.1) is 6.92 Å². The average molecular weight is 353 g/mol. The summed E-state index contributed by atoms with van der Waals surface area (Å²) in [6.07, 6.45) is 3.10. The highest BCUT2D eigenvalue weighted by Gasteiger charge is 2.14. The summed E-state index contributed by atoms with van der Waals surface area (Å²) in [5, 5.41) is 5.86. The number of nitrogens with zero attached hydrogens (tertiary/aromatic N) is 2. The van der Waals surface area contributed by atoms with Gasteiger partial charge >= 0.3 is 0 Å². The number of hydrogen-bond donors (Lipinski definition) is 1. The quantitative estimate of drug-likeness (QED) is 0.731. The van der Waals surface area contributed by atoms with Crippen molar-refractivity contribution in [1.82, 2.24) is 9.97 Å². The van der Waals surface area contributed by atoms with Crippen molar-refractivity contribution in [2.45, 2.75) is 26.9 Å². The van der Waals surface area contributed by atoms with Crippen LogP contribution in [0.3, 0.4) is 0 Å². The molecule has 2 heterocycles. The number of carbonyl (C=O) groups is 1. The zero-order chi connectivity index (χ0) is 17.8. The van der Waals surface area contributed by atoms with Crippen molar-refractivity contribution in [2.75, 3.05) is 5.32 Å². The van der Waals surface area contributed by atoms with E-state index in [4.69, 9.17) is 4.74 Å². The van der Waals surface area contributed by atoms with Gasteiger partial charge in [-0.1, -0.05) is 12.1 Å². The van der Waals surface area contributed by atoms with Gasteiger partial charge < -0.3 is 10.1 Å². The molecule has 5 nitrogen and oxygen atoms in total. The van der Waals surface area contributed by atoms with E-state index in [2.05, 4.69) is 15.3 Å². The molecule has 0 spiro atoms. The molecule has 0 aliphatic heterocycles. The minimum atomic E-state index is -0.231. The van der Waals surface area contributed by atoms with Crippen molar-refractivity contribution in [1.29, 1.82) is 0 Å². The largest absolute Gasteiger partial charge is 0.489 e. The first-order valence-corrected chi connectivity index (χ1v) is 8.85. The number of hydrogen-bond acceptors (Lipinski definition) is 5. The Kier molecular flexibility index (Phi) is 5.09. The van der Waals surface area contributed by atoms with Crippen molar-refractivity contribution in [2.24, 2.45) is 0 Å². The zero-order valence-electron chi connectivity index (χ0n) is 14.3. The molecular weight excluding hydrogens is 334 g/mol. The van der Waals surface area contributed by atoms with Gasteiger partial charge in [0.1, 0.15) is 5.01 Å². The van der Waals surface area contributed by atoms with E-state index in [1.165, 1.54) is 0 Å². The number of aromatic nitrogens is 2. The van der Waals surface area contributed by atoms with Crippen molar-refractivity contribution in [3.63, 3.8) is 0 Å². The number of thiazole rings is 1. The third-order valence-electron chi connectivity index (χ3n) is 3.38. The second-order valence-electron chi connectivity index (χ2n) is 5.87. The highest BCUT2D eigenvalue weighted by molar-refractivity contribution is 7.13. The molecule has 0 unspecified atom stereocenters. The number of ether oxygens (including phenoxy) is 1. The van der Waals surface area contributed by atoms with Crippen LogP contribution in [0.4, 0.5) is 5.69 Å². The normalized spacial score (nSPS) is 10.7. The van der Waals surface area contributed by atoms with Crippen molar-refractivity contribution in [3.8, 4) is 16.3 Å². The molecule has 6 heteroatoms. The van der Waals surface area contributed by atoms with Gasteiger partial charge in [0.15, 0.2) is 5.75 Å². The zero-order valence-corrected chi connectivity index (χ0v) is 15.1. The third kappa shape index (κ3) is 4.22. The van der Waals surface area contributed by atoms with Gasteiger partial charge in [-0.3, -0.25) is 9.78 Å². The molecule has 0 radical (unpaired) electrons. The molecule has 1 N–H and O–H groups in total. The number of nitrogens with one attached hydrogen (secondary N) is 1. The van der Waals surface area contributed by atoms with Crippen LogP contribution in [0.25, 0.3) is 10.6 Å². The fraction of sp³-hybridized carbons (Fsp3) is 0.211. The predicted molar refractivity (Wildman–Crippen MR) is 100 cm³/mol. The molecule has 0 saturated heterocycles. The number of pyridine rings is 1. The van der Waals surface area contributed by atoms with Gasteiger partial charge in [0.05, 0.1) is 17.9 Å². The molecule has 0 bridgehead atoms. The highest BCUT2D eigenvalue weighted by atomic mass is 32.1. The Morgan fingerprint density at radius 3 is 2.84 bits per heavy atom. The molecule has 25 heavy (non-hydrogen) atoms. The second-order valence-corrected chi connectivity index (χ2v) is 6.73. The van der Waals surface area contributed by atoms with Gasteiger partial charge in [-0.15, -0.1) is 11.3 Å². The summed E-state index contributed by atoms with van der Waals surface area (Å²) in [7, 11) is 0. The summed E-state index contributed by atoms with van der Waals surface area (Å²) >= 11 is 1.58. The molecule has 0 atom stereocenters. The second kappa shape index (κ2) is 7.44. The first-order chi connectivity index (χ1) is 12.0. The fourth-order valence-corrected chi connectivity index (χ4v) is 3.13. The van der Waals surface area contributed by atoms with E-state index in [1.807, 2.05) is 50.4 Å². The maximum atomic E-state index is 12.6. The highest BCUT2D eigenvalue weighted by Crippen LogP contribution is 2.26. The van der Waals surface area contributed by atoms with Crippen LogP contribution >= 0.6 is 11.3 Å². The van der Waals surface area contributed by atoms with Crippen LogP contribution in [0.1, 0.15) is 29.9 Å². The molecule has 0 fully saturated rings. The Labute approximate surface area is 150 Å². The Morgan fingerprint density at radius 2 is 2.12 bits per heavy atom. The molecule has 0 aliphatic carbocycles. The lowest BCUT2D eigenvalue weighted by atomic mass is 10.2. The van der Waals surface area contributed by atoms with Crippen LogP contribution in [-0.2, 0) is 0 Å². The summed E-state index contributed by atoms with van der Waals surface area (Å²) in [5.74, 6) is 0.243. The van der Waals surface area contributed by atoms with Crippen LogP contribution in [0.15, 0.2) is 48.1 Å². The molecule has 1 aromatic carbocycles. The topological polar surface area (TPSA) is 64.1 Å². The minimum absolute atomic E-state index is 0.0350. The number of anilines is 1. The van der Waals surface area contributed by atoms with Gasteiger partial charge in [0.25, 0.3) is 5.91 Å². The van der Waals surface area contributed by atoms with Gasteiger partial charge in [-0.25, -0.2) is 4.98 Å². The van der Waals surface area contributed by atoms with Crippen LogP contribution in [-0.4, -0.2) is 22.0 Å². The standard InChI is InChI=1S/C19H19N3O2S/c1-12(2)24-17-10-20-8-7-16(17)18(23)22-15-6-4-5-14(9-15)19-21-13(3)11-25-19/h4-12H,1-3H3,(H,22,23). The van der Waals surface area contributed by atoms with E-state index in [-0.39, 0.29) is 12.0 Å². The number of benzene rings is 1. The molecule has 3 aromatic rings. The molecule has 128 valence electrons.